The predicted molar refractivity (Wildman–Crippen MR) is 118 cm³/mol. The summed E-state index contributed by atoms with van der Waals surface area (Å²) in [5.74, 6) is -1.91. The minimum atomic E-state index is -3.88. The van der Waals surface area contributed by atoms with Gasteiger partial charge in [-0.3, -0.25) is 4.98 Å². The van der Waals surface area contributed by atoms with Crippen molar-refractivity contribution in [3.8, 4) is 0 Å². The molecule has 6 nitrogen and oxygen atoms in total. The van der Waals surface area contributed by atoms with Crippen molar-refractivity contribution < 1.29 is 17.2 Å². The van der Waals surface area contributed by atoms with E-state index in [0.717, 1.165) is 23.1 Å². The Morgan fingerprint density at radius 2 is 1.77 bits per heavy atom. The fourth-order valence-corrected chi connectivity index (χ4v) is 4.58. The maximum atomic E-state index is 13.5. The average Bonchev–Trinajstić information content (AvgIpc) is 3.10. The van der Waals surface area contributed by atoms with Crippen LogP contribution in [0.15, 0.2) is 72.0 Å². The van der Waals surface area contributed by atoms with E-state index in [2.05, 4.69) is 15.6 Å². The Morgan fingerprint density at radius 3 is 2.45 bits per heavy atom. The second-order valence-electron chi connectivity index (χ2n) is 6.66. The molecule has 0 aliphatic carbocycles. The summed E-state index contributed by atoms with van der Waals surface area (Å²) in [4.78, 5) is 3.97. The van der Waals surface area contributed by atoms with E-state index in [1.807, 2.05) is 0 Å². The van der Waals surface area contributed by atoms with Crippen LogP contribution in [0.1, 0.15) is 5.56 Å². The van der Waals surface area contributed by atoms with Crippen molar-refractivity contribution in [3.63, 3.8) is 0 Å². The quantitative estimate of drug-likeness (QED) is 0.441. The molecular formula is C21H19ClF2N4O2S. The maximum Gasteiger partial charge on any atom is 0.269 e. The lowest BCUT2D eigenvalue weighted by Gasteiger charge is -2.10. The zero-order chi connectivity index (χ0) is 21.3. The number of rotatable bonds is 6. The van der Waals surface area contributed by atoms with E-state index in [9.17, 15) is 17.2 Å². The molecule has 0 atom stereocenters. The molecule has 31 heavy (non-hydrogen) atoms. The number of nitrogens with one attached hydrogen (secondary N) is 2. The number of halogens is 3. The van der Waals surface area contributed by atoms with E-state index < -0.39 is 21.7 Å². The summed E-state index contributed by atoms with van der Waals surface area (Å²) >= 11 is 0. The summed E-state index contributed by atoms with van der Waals surface area (Å²) in [6.45, 7) is 0.474. The predicted octanol–water partition coefficient (Wildman–Crippen LogP) is 4.44. The Morgan fingerprint density at radius 1 is 1.03 bits per heavy atom. The molecular weight excluding hydrogens is 446 g/mol. The highest BCUT2D eigenvalue weighted by Crippen LogP contribution is 2.30. The summed E-state index contributed by atoms with van der Waals surface area (Å²) < 4.78 is 54.3. The summed E-state index contributed by atoms with van der Waals surface area (Å²) in [7, 11) is -2.10. The Balaban J connectivity index is 0.00000272. The number of hydrogen-bond donors (Lipinski definition) is 2. The first-order valence-corrected chi connectivity index (χ1v) is 10.5. The number of anilines is 2. The zero-order valence-electron chi connectivity index (χ0n) is 16.3. The molecule has 10 heteroatoms. The van der Waals surface area contributed by atoms with Crippen LogP contribution >= 0.6 is 12.4 Å². The Hall–Kier alpha value is -3.01. The van der Waals surface area contributed by atoms with Crippen LogP contribution in [0.5, 0.6) is 0 Å². The average molecular weight is 465 g/mol. The van der Waals surface area contributed by atoms with Gasteiger partial charge in [0.05, 0.1) is 5.52 Å². The van der Waals surface area contributed by atoms with Gasteiger partial charge in [-0.1, -0.05) is 6.07 Å². The summed E-state index contributed by atoms with van der Waals surface area (Å²) in [5, 5.41) is 6.77. The van der Waals surface area contributed by atoms with E-state index in [1.165, 1.54) is 28.5 Å². The number of nitrogens with zero attached hydrogens (tertiary/aromatic N) is 2. The summed E-state index contributed by atoms with van der Waals surface area (Å²) in [6, 6.07) is 11.7. The van der Waals surface area contributed by atoms with Crippen LogP contribution < -0.4 is 10.6 Å². The summed E-state index contributed by atoms with van der Waals surface area (Å²) in [6.07, 6.45) is 4.37. The Kier molecular flexibility index (Phi) is 6.59. The van der Waals surface area contributed by atoms with Crippen LogP contribution in [0.4, 0.5) is 20.2 Å². The first-order chi connectivity index (χ1) is 14.4. The monoisotopic (exact) mass is 464 g/mol. The maximum absolute atomic E-state index is 13.5. The highest BCUT2D eigenvalue weighted by atomic mass is 35.5. The lowest BCUT2D eigenvalue weighted by molar-refractivity contribution is 0.509. The third-order valence-corrected chi connectivity index (χ3v) is 6.28. The highest BCUT2D eigenvalue weighted by molar-refractivity contribution is 7.90. The van der Waals surface area contributed by atoms with Crippen LogP contribution in [0.25, 0.3) is 10.9 Å². The van der Waals surface area contributed by atoms with Gasteiger partial charge in [-0.25, -0.2) is 21.2 Å². The first kappa shape index (κ1) is 22.7. The van der Waals surface area contributed by atoms with Gasteiger partial charge in [0.15, 0.2) is 11.6 Å². The molecule has 0 aliphatic rings. The number of aromatic nitrogens is 2. The van der Waals surface area contributed by atoms with E-state index in [1.54, 1.807) is 37.5 Å². The van der Waals surface area contributed by atoms with Crippen LogP contribution in [-0.2, 0) is 16.6 Å². The molecule has 2 aromatic carbocycles. The number of benzene rings is 2. The van der Waals surface area contributed by atoms with Crippen molar-refractivity contribution in [2.45, 2.75) is 11.4 Å². The van der Waals surface area contributed by atoms with Gasteiger partial charge in [0.25, 0.3) is 10.0 Å². The molecule has 0 unspecified atom stereocenters. The van der Waals surface area contributed by atoms with Gasteiger partial charge in [0.2, 0.25) is 0 Å². The first-order valence-electron chi connectivity index (χ1n) is 9.06. The molecule has 0 amide bonds. The lowest BCUT2D eigenvalue weighted by atomic mass is 10.1. The fourth-order valence-electron chi connectivity index (χ4n) is 3.23. The molecule has 0 radical (unpaired) electrons. The van der Waals surface area contributed by atoms with Crippen LogP contribution in [0.3, 0.4) is 0 Å². The number of fused-ring (bicyclic) bond motifs is 1. The molecule has 0 spiro atoms. The molecule has 0 fully saturated rings. The van der Waals surface area contributed by atoms with Crippen LogP contribution in [-0.4, -0.2) is 24.4 Å². The molecule has 4 aromatic rings. The molecule has 4 rings (SSSR count). The largest absolute Gasteiger partial charge is 0.355 e. The topological polar surface area (TPSA) is 76.0 Å². The molecule has 0 saturated carbocycles. The van der Waals surface area contributed by atoms with Gasteiger partial charge in [-0.15, -0.1) is 12.4 Å². The number of hydrogen-bond acceptors (Lipinski definition) is 5. The van der Waals surface area contributed by atoms with Crippen LogP contribution in [0.2, 0.25) is 0 Å². The third kappa shape index (κ3) is 4.39. The minimum Gasteiger partial charge on any atom is -0.355 e. The highest BCUT2D eigenvalue weighted by Gasteiger charge is 2.21. The Bertz CT molecular complexity index is 1330. The minimum absolute atomic E-state index is 0. The molecule has 2 heterocycles. The molecule has 0 aliphatic heterocycles. The van der Waals surface area contributed by atoms with Gasteiger partial charge in [0.1, 0.15) is 4.90 Å². The van der Waals surface area contributed by atoms with E-state index in [0.29, 0.717) is 23.4 Å². The lowest BCUT2D eigenvalue weighted by Crippen LogP contribution is -2.12. The van der Waals surface area contributed by atoms with Gasteiger partial charge >= 0.3 is 0 Å². The van der Waals surface area contributed by atoms with Gasteiger partial charge < -0.3 is 10.6 Å². The van der Waals surface area contributed by atoms with Gasteiger partial charge in [0, 0.05) is 48.0 Å². The molecule has 2 aromatic heterocycles. The molecule has 0 saturated heterocycles. The van der Waals surface area contributed by atoms with Crippen LogP contribution in [0, 0.1) is 11.6 Å². The SMILES string of the molecule is CNCc1cn(S(=O)(=O)c2cccnc2)c2cc(Nc3ccc(F)c(F)c3)ccc12.Cl. The van der Waals surface area contributed by atoms with E-state index in [-0.39, 0.29) is 17.3 Å². The fraction of sp³-hybridized carbons (Fsp3) is 0.0952. The van der Waals surface area contributed by atoms with Gasteiger partial charge in [-0.05, 0) is 49.0 Å². The van der Waals surface area contributed by atoms with Crippen molar-refractivity contribution in [3.05, 3.63) is 84.3 Å². The zero-order valence-corrected chi connectivity index (χ0v) is 18.0. The second kappa shape index (κ2) is 9.01. The normalized spacial score (nSPS) is 11.3. The third-order valence-electron chi connectivity index (χ3n) is 4.62. The van der Waals surface area contributed by atoms with Gasteiger partial charge in [-0.2, -0.15) is 0 Å². The van der Waals surface area contributed by atoms with E-state index in [4.69, 9.17) is 0 Å². The summed E-state index contributed by atoms with van der Waals surface area (Å²) in [5.41, 5.74) is 2.14. The molecule has 0 bridgehead atoms. The van der Waals surface area contributed by atoms with Crippen molar-refractivity contribution in [2.75, 3.05) is 12.4 Å². The van der Waals surface area contributed by atoms with Crippen molar-refractivity contribution >= 4 is 44.7 Å². The molecule has 162 valence electrons. The van der Waals surface area contributed by atoms with Crippen molar-refractivity contribution in [2.24, 2.45) is 0 Å². The Labute approximate surface area is 184 Å². The van der Waals surface area contributed by atoms with Crippen molar-refractivity contribution in [1.82, 2.24) is 14.3 Å². The number of pyridine rings is 1. The van der Waals surface area contributed by atoms with Crippen molar-refractivity contribution in [1.29, 1.82) is 0 Å². The smallest absolute Gasteiger partial charge is 0.269 e. The standard InChI is InChI=1S/C21H18F2N4O2S.ClH/c1-24-11-14-13-27(30(28,29)17-3-2-8-25-12-17)21-10-16(4-6-18(14)21)26-15-5-7-19(22)20(23)9-15;/h2-10,12-13,24,26H,11H2,1H3;1H. The second-order valence-corrected chi connectivity index (χ2v) is 8.48. The van der Waals surface area contributed by atoms with E-state index >= 15 is 0 Å². The molecule has 2 N–H and O–H groups in total.